The van der Waals surface area contributed by atoms with E-state index in [4.69, 9.17) is 25.8 Å². The van der Waals surface area contributed by atoms with Gasteiger partial charge in [0, 0.05) is 34.4 Å². The molecule has 306 valence electrons. The lowest BCUT2D eigenvalue weighted by molar-refractivity contribution is 0.0686. The Balaban J connectivity index is 1.32. The molecule has 0 unspecified atom stereocenters. The number of hydrogen-bond acceptors (Lipinski definition) is 9. The Kier molecular flexibility index (Phi) is 10.1. The SMILES string of the molecule is CCN(N)C(=O)c1ccc(C2=C3C=CC(=N3)C(c3ccc(C(=O)O)cc3)=C3C=CC(=N3)C(c3ccc(C(=O)O)cc3)=C3C=CC(=N3)C(c3ccc(C(=O)O)cc3)=C3C=CC2=N3)cc1. The van der Waals surface area contributed by atoms with Crippen molar-refractivity contribution in [1.82, 2.24) is 5.01 Å². The molecule has 5 aliphatic rings. The highest BCUT2D eigenvalue weighted by Crippen LogP contribution is 2.39. The van der Waals surface area contributed by atoms with E-state index in [1.165, 1.54) is 36.4 Å². The van der Waals surface area contributed by atoms with Crippen LogP contribution in [0.25, 0.3) is 22.3 Å². The lowest BCUT2D eigenvalue weighted by Gasteiger charge is -2.15. The molecule has 0 atom stereocenters. The van der Waals surface area contributed by atoms with Crippen LogP contribution >= 0.6 is 0 Å². The number of amides is 1. The van der Waals surface area contributed by atoms with Crippen molar-refractivity contribution in [3.63, 3.8) is 0 Å². The molecular weight excluding hydrogens is 797 g/mol. The van der Waals surface area contributed by atoms with Crippen molar-refractivity contribution in [3.05, 3.63) is 213 Å². The number of aromatic carboxylic acids is 3. The van der Waals surface area contributed by atoms with E-state index in [1.807, 2.05) is 60.7 Å². The first-order valence-electron chi connectivity index (χ1n) is 19.7. The van der Waals surface area contributed by atoms with Crippen LogP contribution in [0.5, 0.6) is 0 Å². The summed E-state index contributed by atoms with van der Waals surface area (Å²) < 4.78 is 0. The lowest BCUT2D eigenvalue weighted by atomic mass is 9.97. The maximum absolute atomic E-state index is 13.0. The van der Waals surface area contributed by atoms with Gasteiger partial charge < -0.3 is 15.3 Å². The molecule has 9 rings (SSSR count). The number of carboxylic acids is 3. The number of hydrazine groups is 1. The number of carboxylic acid groups (broad SMARTS) is 3. The molecule has 13 nitrogen and oxygen atoms in total. The molecule has 0 saturated heterocycles. The Labute approximate surface area is 359 Å². The van der Waals surface area contributed by atoms with E-state index in [-0.39, 0.29) is 22.6 Å². The third-order valence-corrected chi connectivity index (χ3v) is 10.9. The van der Waals surface area contributed by atoms with Gasteiger partial charge in [0.05, 0.1) is 62.3 Å². The quantitative estimate of drug-likeness (QED) is 0.0734. The molecule has 0 fully saturated rings. The molecule has 0 saturated carbocycles. The summed E-state index contributed by atoms with van der Waals surface area (Å²) in [6, 6.07) is 26.4. The van der Waals surface area contributed by atoms with Crippen LogP contribution in [0.15, 0.2) is 188 Å². The zero-order valence-corrected chi connectivity index (χ0v) is 33.4. The Bertz CT molecular complexity index is 3040. The first-order chi connectivity index (χ1) is 30.5. The highest BCUT2D eigenvalue weighted by Gasteiger charge is 2.28. The summed E-state index contributed by atoms with van der Waals surface area (Å²) in [5.41, 5.74) is 10.2. The van der Waals surface area contributed by atoms with Gasteiger partial charge in [-0.05, 0) is 126 Å². The zero-order valence-electron chi connectivity index (χ0n) is 33.4. The normalized spacial score (nSPS) is 16.2. The van der Waals surface area contributed by atoms with E-state index >= 15 is 0 Å². The standard InChI is InChI=1S/C50H34N6O7/c1-2-56(51)47(57)31-11-3-27(4-12-31)43-35-19-21-37(52-35)44(28-5-13-32(14-6-28)48(58)59)39-23-25-41(54-39)46(30-9-17-34(18-10-30)50(62)63)42-26-24-40(55-42)45(38-22-20-36(43)53-38)29-7-15-33(16-8-29)49(60)61/h3-26H,2,51H2,1H3,(H,58,59)(H,60,61)(H,62,63). The number of hydrogen-bond donors (Lipinski definition) is 4. The molecule has 0 radical (unpaired) electrons. The molecule has 4 aromatic carbocycles. The molecule has 5 N–H and O–H groups in total. The topological polar surface area (TPSA) is 208 Å². The summed E-state index contributed by atoms with van der Waals surface area (Å²) in [6.45, 7) is 2.11. The number of aliphatic imine (C=N–C) groups is 4. The molecule has 5 heterocycles. The molecule has 0 aliphatic carbocycles. The Hall–Kier alpha value is -8.68. The van der Waals surface area contributed by atoms with Gasteiger partial charge in [0.25, 0.3) is 5.91 Å². The Morgan fingerprint density at radius 3 is 0.873 bits per heavy atom. The van der Waals surface area contributed by atoms with Gasteiger partial charge >= 0.3 is 17.9 Å². The highest BCUT2D eigenvalue weighted by molar-refractivity contribution is 6.39. The third kappa shape index (κ3) is 7.45. The first-order valence-corrected chi connectivity index (χ1v) is 19.7. The molecule has 8 bridgehead atoms. The van der Waals surface area contributed by atoms with E-state index in [2.05, 4.69) is 0 Å². The van der Waals surface area contributed by atoms with Crippen molar-refractivity contribution >= 4 is 69.0 Å². The summed E-state index contributed by atoms with van der Waals surface area (Å²) in [4.78, 5) is 69.3. The van der Waals surface area contributed by atoms with E-state index in [9.17, 15) is 34.5 Å². The molecule has 0 aromatic heterocycles. The van der Waals surface area contributed by atoms with Gasteiger partial charge in [0.1, 0.15) is 0 Å². The van der Waals surface area contributed by atoms with Crippen LogP contribution in [-0.4, -0.2) is 73.5 Å². The van der Waals surface area contributed by atoms with Gasteiger partial charge in [-0.15, -0.1) is 0 Å². The molecule has 0 spiro atoms. The Morgan fingerprint density at radius 2 is 0.651 bits per heavy atom. The average molecular weight is 831 g/mol. The number of nitrogens with zero attached hydrogens (tertiary/aromatic N) is 5. The molecule has 13 heteroatoms. The van der Waals surface area contributed by atoms with Gasteiger partial charge in [-0.1, -0.05) is 48.5 Å². The maximum Gasteiger partial charge on any atom is 0.335 e. The largest absolute Gasteiger partial charge is 0.478 e. The van der Waals surface area contributed by atoms with Crippen molar-refractivity contribution < 1.29 is 34.5 Å². The van der Waals surface area contributed by atoms with Crippen LogP contribution in [0.1, 0.15) is 70.6 Å². The van der Waals surface area contributed by atoms with Gasteiger partial charge in [0.15, 0.2) is 0 Å². The van der Waals surface area contributed by atoms with Crippen molar-refractivity contribution in [2.45, 2.75) is 6.92 Å². The summed E-state index contributed by atoms with van der Waals surface area (Å²) in [6.07, 6.45) is 14.8. The van der Waals surface area contributed by atoms with Crippen LogP contribution in [0.2, 0.25) is 0 Å². The fourth-order valence-corrected chi connectivity index (χ4v) is 7.70. The number of rotatable bonds is 9. The predicted octanol–water partition coefficient (Wildman–Crippen LogP) is 8.12. The minimum absolute atomic E-state index is 0.108. The summed E-state index contributed by atoms with van der Waals surface area (Å²) in [5, 5.41) is 30.3. The molecular formula is C50H34N6O7. The Morgan fingerprint density at radius 1 is 0.413 bits per heavy atom. The van der Waals surface area contributed by atoms with Gasteiger partial charge in [-0.25, -0.2) is 40.2 Å². The molecule has 63 heavy (non-hydrogen) atoms. The van der Waals surface area contributed by atoms with Crippen molar-refractivity contribution in [2.24, 2.45) is 25.8 Å². The van der Waals surface area contributed by atoms with Crippen LogP contribution < -0.4 is 5.84 Å². The number of benzene rings is 4. The molecule has 4 aromatic rings. The number of allylic oxidation sites excluding steroid dienone is 12. The first kappa shape index (κ1) is 39.8. The van der Waals surface area contributed by atoms with Gasteiger partial charge in [0.2, 0.25) is 0 Å². The third-order valence-electron chi connectivity index (χ3n) is 10.9. The second kappa shape index (κ2) is 16.1. The fourth-order valence-electron chi connectivity index (χ4n) is 7.70. The van der Waals surface area contributed by atoms with Crippen molar-refractivity contribution in [3.8, 4) is 0 Å². The molecule has 1 amide bonds. The summed E-state index contributed by atoms with van der Waals surface area (Å²) >= 11 is 0. The number of nitrogens with two attached hydrogens (primary N) is 1. The van der Waals surface area contributed by atoms with E-state index in [1.54, 1.807) is 55.5 Å². The minimum atomic E-state index is -1.07. The number of carbonyl (C=O) groups is 4. The minimum Gasteiger partial charge on any atom is -0.478 e. The van der Waals surface area contributed by atoms with Crippen LogP contribution in [0, 0.1) is 0 Å². The van der Waals surface area contributed by atoms with Gasteiger partial charge in [-0.3, -0.25) is 9.80 Å². The van der Waals surface area contributed by atoms with Crippen molar-refractivity contribution in [2.75, 3.05) is 6.54 Å². The molecule has 5 aliphatic heterocycles. The average Bonchev–Trinajstić information content (AvgIpc) is 4.15. The second-order valence-corrected chi connectivity index (χ2v) is 14.7. The monoisotopic (exact) mass is 830 g/mol. The van der Waals surface area contributed by atoms with Crippen LogP contribution in [0.3, 0.4) is 0 Å². The zero-order chi connectivity index (χ0) is 43.9. The highest BCUT2D eigenvalue weighted by atomic mass is 16.4. The van der Waals surface area contributed by atoms with Crippen molar-refractivity contribution in [1.29, 1.82) is 0 Å². The summed E-state index contributed by atoms with van der Waals surface area (Å²) in [5.74, 6) is 2.40. The fraction of sp³-hybridized carbons (Fsp3) is 0.0400. The van der Waals surface area contributed by atoms with Crippen LogP contribution in [-0.2, 0) is 0 Å². The van der Waals surface area contributed by atoms with Gasteiger partial charge in [-0.2, -0.15) is 0 Å². The smallest absolute Gasteiger partial charge is 0.335 e. The summed E-state index contributed by atoms with van der Waals surface area (Å²) in [7, 11) is 0. The van der Waals surface area contributed by atoms with E-state index in [0.717, 1.165) is 5.01 Å². The van der Waals surface area contributed by atoms with E-state index < -0.39 is 17.9 Å². The lowest BCUT2D eigenvalue weighted by Crippen LogP contribution is -2.36. The van der Waals surface area contributed by atoms with Crippen LogP contribution in [0.4, 0.5) is 0 Å². The van der Waals surface area contributed by atoms with E-state index in [0.29, 0.717) is 102 Å². The second-order valence-electron chi connectivity index (χ2n) is 14.7. The predicted molar refractivity (Wildman–Crippen MR) is 242 cm³/mol. The number of carbonyl (C=O) groups excluding carboxylic acids is 1. The number of fused-ring (bicyclic) bond motifs is 4. The maximum atomic E-state index is 13.0.